The first-order valence-corrected chi connectivity index (χ1v) is 19.1. The predicted molar refractivity (Wildman–Crippen MR) is 213 cm³/mol. The molecule has 0 aliphatic rings. The molecule has 0 aliphatic heterocycles. The number of amides is 2. The molecule has 54 heavy (non-hydrogen) atoms. The second-order valence-corrected chi connectivity index (χ2v) is 13.6. The zero-order valence-electron chi connectivity index (χ0n) is 29.4. The largest absolute Gasteiger partial charge is 0.494 e. The number of nitrogens with one attached hydrogen (secondary N) is 4. The van der Waals surface area contributed by atoms with Crippen LogP contribution in [0.25, 0.3) is 22.1 Å². The van der Waals surface area contributed by atoms with Crippen LogP contribution in [0, 0.1) is 0 Å². The van der Waals surface area contributed by atoms with Gasteiger partial charge < -0.3 is 39.5 Å². The molecule has 0 unspecified atom stereocenters. The van der Waals surface area contributed by atoms with Crippen LogP contribution in [0.15, 0.2) is 120 Å². The van der Waals surface area contributed by atoms with E-state index >= 15 is 0 Å². The number of hydrogen-bond acceptors (Lipinski definition) is 10. The van der Waals surface area contributed by atoms with Crippen molar-refractivity contribution in [2.75, 3.05) is 35.4 Å². The van der Waals surface area contributed by atoms with Crippen LogP contribution in [0.4, 0.5) is 11.4 Å². The van der Waals surface area contributed by atoms with Gasteiger partial charge in [-0.25, -0.2) is 9.97 Å². The minimum absolute atomic E-state index is 0.147. The molecule has 7 aromatic rings. The molecule has 0 bridgehead atoms. The van der Waals surface area contributed by atoms with Gasteiger partial charge in [0.1, 0.15) is 34.5 Å². The van der Waals surface area contributed by atoms with Gasteiger partial charge in [0.2, 0.25) is 11.8 Å². The van der Waals surface area contributed by atoms with E-state index in [0.717, 1.165) is 33.6 Å². The maximum Gasteiger partial charge on any atom is 0.234 e. The van der Waals surface area contributed by atoms with Crippen molar-refractivity contribution in [1.29, 1.82) is 0 Å². The van der Waals surface area contributed by atoms with Crippen molar-refractivity contribution in [3.63, 3.8) is 0 Å². The van der Waals surface area contributed by atoms with Gasteiger partial charge in [-0.1, -0.05) is 23.5 Å². The zero-order chi connectivity index (χ0) is 37.3. The third-order valence-electron chi connectivity index (χ3n) is 7.74. The number of fused-ring (bicyclic) bond motifs is 2. The van der Waals surface area contributed by atoms with Gasteiger partial charge in [0.25, 0.3) is 0 Å². The van der Waals surface area contributed by atoms with Crippen molar-refractivity contribution in [2.24, 2.45) is 0 Å². The molecule has 0 fully saturated rings. The van der Waals surface area contributed by atoms with Crippen LogP contribution < -0.4 is 29.6 Å². The second kappa shape index (κ2) is 17.1. The quantitative estimate of drug-likeness (QED) is 0.0702. The number of hydrogen-bond donors (Lipinski definition) is 4. The van der Waals surface area contributed by atoms with Crippen LogP contribution >= 0.6 is 23.5 Å². The van der Waals surface area contributed by atoms with E-state index in [0.29, 0.717) is 57.9 Å². The maximum absolute atomic E-state index is 12.6. The molecule has 0 radical (unpaired) electrons. The van der Waals surface area contributed by atoms with E-state index in [2.05, 4.69) is 30.6 Å². The van der Waals surface area contributed by atoms with E-state index < -0.39 is 0 Å². The van der Waals surface area contributed by atoms with Crippen LogP contribution in [-0.4, -0.2) is 56.5 Å². The van der Waals surface area contributed by atoms with Crippen molar-refractivity contribution in [2.45, 2.75) is 24.2 Å². The molecule has 14 heteroatoms. The molecule has 7 rings (SSSR count). The highest BCUT2D eigenvalue weighted by molar-refractivity contribution is 8.00. The number of aromatic nitrogens is 4. The average Bonchev–Trinajstić information content (AvgIpc) is 3.79. The molecule has 0 saturated carbocycles. The molecule has 2 amide bonds. The van der Waals surface area contributed by atoms with Crippen molar-refractivity contribution in [1.82, 2.24) is 19.9 Å². The van der Waals surface area contributed by atoms with Crippen LogP contribution in [0.2, 0.25) is 0 Å². The Morgan fingerprint density at radius 2 is 0.889 bits per heavy atom. The Kier molecular flexibility index (Phi) is 11.5. The molecule has 4 N–H and O–H groups in total. The third kappa shape index (κ3) is 9.65. The summed E-state index contributed by atoms with van der Waals surface area (Å²) >= 11 is 2.66. The minimum Gasteiger partial charge on any atom is -0.494 e. The van der Waals surface area contributed by atoms with Crippen LogP contribution in [-0.2, 0) is 9.59 Å². The number of rotatable bonds is 16. The summed E-state index contributed by atoms with van der Waals surface area (Å²) in [6.07, 6.45) is 0. The number of H-pyrrole nitrogens is 2. The standard InChI is InChI=1S/C40H36N6O6S2/c1-3-49-31-17-19-33-35(21-31)45-39(43-33)53-23-37(47)41-25-5-9-27(10-6-25)51-29-13-15-30(16-14-29)52-28-11-7-26(8-12-28)42-38(48)24-54-40-44-34-20-18-32(50-4-2)22-36(34)46-40/h5-22H,3-4,23-24H2,1-2H3,(H,41,47)(H,42,48)(H,43,45)(H,44,46). The number of ether oxygens (including phenoxy) is 4. The van der Waals surface area contributed by atoms with E-state index in [1.165, 1.54) is 23.5 Å². The highest BCUT2D eigenvalue weighted by Gasteiger charge is 2.11. The van der Waals surface area contributed by atoms with E-state index in [1.807, 2.05) is 74.5 Å². The lowest BCUT2D eigenvalue weighted by molar-refractivity contribution is -0.114. The summed E-state index contributed by atoms with van der Waals surface area (Å²) in [4.78, 5) is 40.7. The summed E-state index contributed by atoms with van der Waals surface area (Å²) in [6.45, 7) is 5.05. The zero-order valence-corrected chi connectivity index (χ0v) is 31.0. The number of imidazole rings is 2. The number of thioether (sulfide) groups is 2. The Hall–Kier alpha value is -6.12. The number of carbonyl (C=O) groups excluding carboxylic acids is 2. The monoisotopic (exact) mass is 760 g/mol. The molecule has 5 aromatic carbocycles. The summed E-state index contributed by atoms with van der Waals surface area (Å²) in [5, 5.41) is 7.14. The van der Waals surface area contributed by atoms with Crippen molar-refractivity contribution in [3.8, 4) is 34.5 Å². The second-order valence-electron chi connectivity index (χ2n) is 11.7. The van der Waals surface area contributed by atoms with E-state index in [4.69, 9.17) is 18.9 Å². The van der Waals surface area contributed by atoms with Crippen molar-refractivity contribution >= 4 is 68.8 Å². The summed E-state index contributed by atoms with van der Waals surface area (Å²) in [7, 11) is 0. The van der Waals surface area contributed by atoms with Crippen molar-refractivity contribution in [3.05, 3.63) is 109 Å². The molecule has 0 saturated heterocycles. The summed E-state index contributed by atoms with van der Waals surface area (Å²) in [5.74, 6) is 4.15. The van der Waals surface area contributed by atoms with Gasteiger partial charge in [-0.3, -0.25) is 9.59 Å². The van der Waals surface area contributed by atoms with Crippen LogP contribution in [0.1, 0.15) is 13.8 Å². The summed E-state index contributed by atoms with van der Waals surface area (Å²) in [6, 6.07) is 32.9. The van der Waals surface area contributed by atoms with Gasteiger partial charge in [0, 0.05) is 23.5 Å². The van der Waals surface area contributed by atoms with Gasteiger partial charge in [-0.05, 0) is 111 Å². The Morgan fingerprint density at radius 3 is 1.26 bits per heavy atom. The van der Waals surface area contributed by atoms with Crippen LogP contribution in [0.5, 0.6) is 34.5 Å². The number of aromatic amines is 2. The van der Waals surface area contributed by atoms with Crippen LogP contribution in [0.3, 0.4) is 0 Å². The number of nitrogens with zero attached hydrogens (tertiary/aromatic N) is 2. The Morgan fingerprint density at radius 1 is 0.537 bits per heavy atom. The molecule has 274 valence electrons. The van der Waals surface area contributed by atoms with E-state index in [-0.39, 0.29) is 23.3 Å². The SMILES string of the molecule is CCOc1ccc2nc(SCC(=O)Nc3ccc(Oc4ccc(Oc5ccc(NC(=O)CSc6nc7ccc(OCC)cc7[nH]6)cc5)cc4)cc3)[nH]c2c1. The molecule has 2 heterocycles. The number of carbonyl (C=O) groups is 2. The molecule has 2 aromatic heterocycles. The van der Waals surface area contributed by atoms with Gasteiger partial charge >= 0.3 is 0 Å². The number of benzene rings is 5. The first-order valence-electron chi connectivity index (χ1n) is 17.2. The van der Waals surface area contributed by atoms with Crippen molar-refractivity contribution < 1.29 is 28.5 Å². The van der Waals surface area contributed by atoms with Gasteiger partial charge in [0.15, 0.2) is 10.3 Å². The fourth-order valence-corrected chi connectivity index (χ4v) is 6.67. The maximum atomic E-state index is 12.6. The van der Waals surface area contributed by atoms with E-state index in [9.17, 15) is 9.59 Å². The van der Waals surface area contributed by atoms with Gasteiger partial charge in [-0.15, -0.1) is 0 Å². The molecular formula is C40H36N6O6S2. The van der Waals surface area contributed by atoms with Gasteiger partial charge in [0.05, 0.1) is 46.8 Å². The Bertz CT molecular complexity index is 2200. The third-order valence-corrected chi connectivity index (χ3v) is 9.48. The molecule has 0 aliphatic carbocycles. The van der Waals surface area contributed by atoms with E-state index in [1.54, 1.807) is 48.5 Å². The lowest BCUT2D eigenvalue weighted by atomic mass is 10.3. The Balaban J connectivity index is 0.832. The average molecular weight is 761 g/mol. The molecule has 0 spiro atoms. The molecular weight excluding hydrogens is 725 g/mol. The highest BCUT2D eigenvalue weighted by Crippen LogP contribution is 2.29. The first kappa shape index (κ1) is 36.2. The summed E-state index contributed by atoms with van der Waals surface area (Å²) in [5.41, 5.74) is 4.68. The lowest BCUT2D eigenvalue weighted by Crippen LogP contribution is -2.14. The Labute approximate surface area is 319 Å². The molecule has 0 atom stereocenters. The predicted octanol–water partition coefficient (Wildman–Crippen LogP) is 9.28. The van der Waals surface area contributed by atoms with Gasteiger partial charge in [-0.2, -0.15) is 0 Å². The fourth-order valence-electron chi connectivity index (χ4n) is 5.30. The fraction of sp³-hybridized carbons (Fsp3) is 0.150. The highest BCUT2D eigenvalue weighted by atomic mass is 32.2. The summed E-state index contributed by atoms with van der Waals surface area (Å²) < 4.78 is 23.1. The normalized spacial score (nSPS) is 11.0. The lowest BCUT2D eigenvalue weighted by Gasteiger charge is -2.10. The smallest absolute Gasteiger partial charge is 0.234 e. The molecule has 12 nitrogen and oxygen atoms in total. The first-order chi connectivity index (χ1) is 26.4. The topological polar surface area (TPSA) is 152 Å². The number of anilines is 2. The minimum atomic E-state index is -0.147.